The van der Waals surface area contributed by atoms with E-state index in [0.29, 0.717) is 12.5 Å². The zero-order valence-corrected chi connectivity index (χ0v) is 15.7. The van der Waals surface area contributed by atoms with Crippen molar-refractivity contribution in [2.45, 2.75) is 39.0 Å². The molecule has 0 aromatic heterocycles. The lowest BCUT2D eigenvalue weighted by atomic mass is 9.83. The summed E-state index contributed by atoms with van der Waals surface area (Å²) < 4.78 is 12.0. The second-order valence-electron chi connectivity index (χ2n) is 7.26. The molecule has 0 saturated carbocycles. The molecule has 2 heterocycles. The van der Waals surface area contributed by atoms with Crippen molar-refractivity contribution in [2.24, 2.45) is 11.8 Å². The molecule has 3 aliphatic rings. The monoisotopic (exact) mass is 390 g/mol. The molecule has 128 valence electrons. The van der Waals surface area contributed by atoms with Gasteiger partial charge in [0, 0.05) is 29.2 Å². The van der Waals surface area contributed by atoms with Gasteiger partial charge in [0.05, 0.1) is 5.57 Å². The lowest BCUT2D eigenvalue weighted by Crippen LogP contribution is -2.23. The second kappa shape index (κ2) is 6.64. The average Bonchev–Trinajstić information content (AvgIpc) is 3.39. The summed E-state index contributed by atoms with van der Waals surface area (Å²) in [5.74, 6) is 1.90. The van der Waals surface area contributed by atoms with E-state index >= 15 is 0 Å². The summed E-state index contributed by atoms with van der Waals surface area (Å²) in [6.07, 6.45) is 5.06. The number of allylic oxidation sites excluding steroid dienone is 1. The Hall–Kier alpha value is -1.13. The number of aryl methyl sites for hydroxylation is 2. The molecule has 1 aliphatic carbocycles. The van der Waals surface area contributed by atoms with Gasteiger partial charge in [-0.15, -0.1) is 0 Å². The Morgan fingerprint density at radius 1 is 1.21 bits per heavy atom. The van der Waals surface area contributed by atoms with Gasteiger partial charge in [-0.2, -0.15) is 0 Å². The molecule has 1 atom stereocenters. The van der Waals surface area contributed by atoms with Gasteiger partial charge in [-0.1, -0.05) is 22.0 Å². The molecule has 1 aromatic rings. The number of ketones is 1. The third-order valence-corrected chi connectivity index (χ3v) is 6.10. The zero-order chi connectivity index (χ0) is 16.7. The number of rotatable bonds is 2. The lowest BCUT2D eigenvalue weighted by molar-refractivity contribution is -0.118. The summed E-state index contributed by atoms with van der Waals surface area (Å²) in [7, 11) is 0. The first-order valence-electron chi connectivity index (χ1n) is 8.90. The van der Waals surface area contributed by atoms with Gasteiger partial charge in [-0.25, -0.2) is 0 Å². The van der Waals surface area contributed by atoms with Crippen LogP contribution in [0.3, 0.4) is 0 Å². The molecule has 0 bridgehead atoms. The third-order valence-electron chi connectivity index (χ3n) is 5.47. The number of carbonyl (C=O) groups is 1. The minimum atomic E-state index is 0.111. The number of hydrogen-bond acceptors (Lipinski definition) is 3. The van der Waals surface area contributed by atoms with Crippen molar-refractivity contribution in [1.82, 2.24) is 0 Å². The molecule has 1 aromatic carbocycles. The molecule has 24 heavy (non-hydrogen) atoms. The van der Waals surface area contributed by atoms with E-state index in [0.717, 1.165) is 66.7 Å². The quantitative estimate of drug-likeness (QED) is 0.425. The van der Waals surface area contributed by atoms with Crippen LogP contribution < -0.4 is 0 Å². The molecular weight excluding hydrogens is 368 g/mol. The third kappa shape index (κ3) is 3.18. The highest BCUT2D eigenvalue weighted by Crippen LogP contribution is 2.42. The maximum absolute atomic E-state index is 13.3. The average molecular weight is 391 g/mol. The number of fused-ring (bicyclic) bond motifs is 1. The van der Waals surface area contributed by atoms with Crippen LogP contribution in [0, 0.1) is 18.8 Å². The van der Waals surface area contributed by atoms with E-state index in [1.165, 1.54) is 11.1 Å². The van der Waals surface area contributed by atoms with Crippen LogP contribution in [0.4, 0.5) is 0 Å². The summed E-state index contributed by atoms with van der Waals surface area (Å²) in [5.41, 5.74) is 4.43. The number of carbonyl (C=O) groups excluding carboxylic acids is 1. The van der Waals surface area contributed by atoms with Gasteiger partial charge in [-0.3, -0.25) is 4.79 Å². The Bertz CT molecular complexity index is 695. The molecule has 2 saturated heterocycles. The first kappa shape index (κ1) is 16.3. The normalized spacial score (nSPS) is 27.4. The molecule has 1 unspecified atom stereocenters. The van der Waals surface area contributed by atoms with Crippen molar-refractivity contribution in [2.75, 3.05) is 19.8 Å². The van der Waals surface area contributed by atoms with E-state index < -0.39 is 0 Å². The Morgan fingerprint density at radius 3 is 2.67 bits per heavy atom. The Kier molecular flexibility index (Phi) is 4.52. The second-order valence-corrected chi connectivity index (χ2v) is 8.11. The van der Waals surface area contributed by atoms with Gasteiger partial charge >= 0.3 is 0 Å². The summed E-state index contributed by atoms with van der Waals surface area (Å²) in [6, 6.07) is 4.33. The predicted molar refractivity (Wildman–Crippen MR) is 96.7 cm³/mol. The van der Waals surface area contributed by atoms with Crippen LogP contribution in [0.15, 0.2) is 22.4 Å². The maximum atomic E-state index is 13.3. The molecule has 4 heteroatoms. The molecular formula is C20H23BrO3. The van der Waals surface area contributed by atoms with Crippen LogP contribution in [0.2, 0.25) is 0 Å². The first-order chi connectivity index (χ1) is 11.6. The van der Waals surface area contributed by atoms with Gasteiger partial charge in [0.25, 0.3) is 0 Å². The van der Waals surface area contributed by atoms with E-state index in [9.17, 15) is 4.79 Å². The van der Waals surface area contributed by atoms with Crippen LogP contribution in [0.1, 0.15) is 42.4 Å². The number of epoxide rings is 1. The van der Waals surface area contributed by atoms with Gasteiger partial charge in [-0.05, 0) is 62.1 Å². The summed E-state index contributed by atoms with van der Waals surface area (Å²) in [5, 5.41) is 0. The molecule has 2 aliphatic heterocycles. The highest BCUT2D eigenvalue weighted by atomic mass is 79.9. The van der Waals surface area contributed by atoms with E-state index in [4.69, 9.17) is 9.47 Å². The molecule has 4 rings (SSSR count). The van der Waals surface area contributed by atoms with E-state index in [-0.39, 0.29) is 11.7 Å². The van der Waals surface area contributed by atoms with Crippen molar-refractivity contribution in [3.05, 3.63) is 39.1 Å². The molecule has 0 radical (unpaired) electrons. The highest BCUT2D eigenvalue weighted by molar-refractivity contribution is 9.10. The Labute approximate surface area is 151 Å². The molecule has 0 amide bonds. The minimum Gasteiger partial charge on any atom is -0.486 e. The number of Topliss-reactive ketones (excluding diaryl/α,β-unsaturated/α-hetero) is 1. The largest absolute Gasteiger partial charge is 0.486 e. The summed E-state index contributed by atoms with van der Waals surface area (Å²) >= 11 is 3.69. The van der Waals surface area contributed by atoms with Crippen molar-refractivity contribution in [3.63, 3.8) is 0 Å². The molecule has 0 N–H and O–H groups in total. The van der Waals surface area contributed by atoms with Crippen LogP contribution in [-0.4, -0.2) is 25.6 Å². The fourth-order valence-corrected chi connectivity index (χ4v) is 4.96. The van der Waals surface area contributed by atoms with E-state index in [1.807, 2.05) is 0 Å². The van der Waals surface area contributed by atoms with Gasteiger partial charge in [0.1, 0.15) is 12.4 Å². The Morgan fingerprint density at radius 2 is 1.96 bits per heavy atom. The van der Waals surface area contributed by atoms with Crippen LogP contribution in [0.5, 0.6) is 0 Å². The van der Waals surface area contributed by atoms with Crippen molar-refractivity contribution in [1.29, 1.82) is 0 Å². The zero-order valence-electron chi connectivity index (χ0n) is 14.1. The van der Waals surface area contributed by atoms with Crippen molar-refractivity contribution < 1.29 is 14.3 Å². The van der Waals surface area contributed by atoms with E-state index in [1.54, 1.807) is 0 Å². The van der Waals surface area contributed by atoms with E-state index in [2.05, 4.69) is 35.0 Å². The van der Waals surface area contributed by atoms with Gasteiger partial charge in [0.2, 0.25) is 0 Å². The number of ether oxygens (including phenoxy) is 2. The fourth-order valence-electron chi connectivity index (χ4n) is 4.15. The van der Waals surface area contributed by atoms with Crippen molar-refractivity contribution in [3.8, 4) is 0 Å². The molecule has 3 nitrogen and oxygen atoms in total. The smallest absolute Gasteiger partial charge is 0.170 e. The highest BCUT2D eigenvalue weighted by Gasteiger charge is 2.37. The van der Waals surface area contributed by atoms with Gasteiger partial charge in [0.15, 0.2) is 5.78 Å². The topological polar surface area (TPSA) is 38.8 Å². The predicted octanol–water partition coefficient (Wildman–Crippen LogP) is 4.45. The van der Waals surface area contributed by atoms with Gasteiger partial charge < -0.3 is 9.47 Å². The lowest BCUT2D eigenvalue weighted by Gasteiger charge is -2.25. The maximum Gasteiger partial charge on any atom is 0.170 e. The summed E-state index contributed by atoms with van der Waals surface area (Å²) in [6.45, 7) is 4.39. The van der Waals surface area contributed by atoms with Crippen LogP contribution in [-0.2, 0) is 20.7 Å². The number of benzene rings is 1. The summed E-state index contributed by atoms with van der Waals surface area (Å²) in [4.78, 5) is 13.3. The fraction of sp³-hybridized carbons (Fsp3) is 0.550. The van der Waals surface area contributed by atoms with Crippen molar-refractivity contribution >= 4 is 27.3 Å². The Balaban J connectivity index is 1.67. The minimum absolute atomic E-state index is 0.111. The standard InChI is InChI=1S/C20H23BrO3/c1-12-8-14-2-3-15(10-13-4-6-23-7-5-13)20(22)19(17-11-24-17)18(14)16(21)9-12/h8-9,13,15H,2-7,10-11H2,1H3/b19-17+. The number of hydrogen-bond donors (Lipinski definition) is 0. The number of halogens is 1. The molecule has 2 fully saturated rings. The molecule has 0 spiro atoms. The van der Waals surface area contributed by atoms with Crippen LogP contribution in [0.25, 0.3) is 5.57 Å². The first-order valence-corrected chi connectivity index (χ1v) is 9.70. The van der Waals surface area contributed by atoms with Crippen LogP contribution >= 0.6 is 15.9 Å². The SMILES string of the molecule is Cc1cc(Br)c2c(c1)CCC(CC1CCOCC1)C(=O)/C2=C1\CO1.